The van der Waals surface area contributed by atoms with E-state index in [1.807, 2.05) is 53.2 Å². The summed E-state index contributed by atoms with van der Waals surface area (Å²) in [4.78, 5) is 5.56. The standard InChI is InChI=1S/C15H13N3S/c16-13-8-4-5-9-14(13)18-11-10-17-15(18)19-12-6-2-1-3-7-12/h1-11H,16H2. The molecule has 1 heterocycles. The van der Waals surface area contributed by atoms with Crippen molar-refractivity contribution in [1.29, 1.82) is 0 Å². The van der Waals surface area contributed by atoms with Crippen LogP contribution in [0.25, 0.3) is 5.69 Å². The molecule has 19 heavy (non-hydrogen) atoms. The maximum Gasteiger partial charge on any atom is 0.177 e. The minimum Gasteiger partial charge on any atom is -0.397 e. The van der Waals surface area contributed by atoms with Gasteiger partial charge in [-0.05, 0) is 24.3 Å². The summed E-state index contributed by atoms with van der Waals surface area (Å²) in [6, 6.07) is 18.0. The Balaban J connectivity index is 1.98. The lowest BCUT2D eigenvalue weighted by Crippen LogP contribution is -1.99. The second-order valence-electron chi connectivity index (χ2n) is 4.05. The fourth-order valence-electron chi connectivity index (χ4n) is 1.85. The second kappa shape index (κ2) is 5.20. The van der Waals surface area contributed by atoms with E-state index in [4.69, 9.17) is 5.73 Å². The molecule has 0 amide bonds. The maximum atomic E-state index is 6.02. The Hall–Kier alpha value is -2.20. The largest absolute Gasteiger partial charge is 0.397 e. The molecule has 3 nitrogen and oxygen atoms in total. The van der Waals surface area contributed by atoms with Gasteiger partial charge in [0.05, 0.1) is 11.4 Å². The summed E-state index contributed by atoms with van der Waals surface area (Å²) in [7, 11) is 0. The van der Waals surface area contributed by atoms with Crippen LogP contribution in [-0.4, -0.2) is 9.55 Å². The first-order valence-electron chi connectivity index (χ1n) is 5.96. The lowest BCUT2D eigenvalue weighted by atomic mass is 10.3. The van der Waals surface area contributed by atoms with Gasteiger partial charge in [-0.25, -0.2) is 4.98 Å². The summed E-state index contributed by atoms with van der Waals surface area (Å²) in [5.41, 5.74) is 7.72. The van der Waals surface area contributed by atoms with Gasteiger partial charge in [-0.3, -0.25) is 4.57 Å². The Morgan fingerprint density at radius 2 is 1.68 bits per heavy atom. The Kier molecular flexibility index (Phi) is 3.25. The fraction of sp³-hybridized carbons (Fsp3) is 0. The number of para-hydroxylation sites is 2. The zero-order chi connectivity index (χ0) is 13.1. The van der Waals surface area contributed by atoms with E-state index in [1.165, 1.54) is 0 Å². The van der Waals surface area contributed by atoms with Crippen molar-refractivity contribution < 1.29 is 0 Å². The molecule has 4 heteroatoms. The smallest absolute Gasteiger partial charge is 0.177 e. The molecular weight excluding hydrogens is 254 g/mol. The zero-order valence-electron chi connectivity index (χ0n) is 10.2. The number of hydrogen-bond acceptors (Lipinski definition) is 3. The number of benzene rings is 2. The van der Waals surface area contributed by atoms with E-state index in [1.54, 1.807) is 18.0 Å². The lowest BCUT2D eigenvalue weighted by molar-refractivity contribution is 0.897. The van der Waals surface area contributed by atoms with Gasteiger partial charge in [0, 0.05) is 17.3 Å². The van der Waals surface area contributed by atoms with E-state index in [-0.39, 0.29) is 0 Å². The van der Waals surface area contributed by atoms with Gasteiger partial charge in [0.1, 0.15) is 0 Å². The third kappa shape index (κ3) is 2.48. The van der Waals surface area contributed by atoms with Crippen molar-refractivity contribution in [1.82, 2.24) is 9.55 Å². The third-order valence-corrected chi connectivity index (χ3v) is 3.75. The molecule has 0 bridgehead atoms. The Labute approximate surface area is 116 Å². The van der Waals surface area contributed by atoms with Gasteiger partial charge in [-0.1, -0.05) is 42.1 Å². The number of hydrogen-bond donors (Lipinski definition) is 1. The molecule has 3 aromatic rings. The predicted octanol–water partition coefficient (Wildman–Crippen LogP) is 3.61. The Morgan fingerprint density at radius 1 is 0.947 bits per heavy atom. The average Bonchev–Trinajstić information content (AvgIpc) is 2.88. The van der Waals surface area contributed by atoms with Crippen LogP contribution >= 0.6 is 11.8 Å². The molecule has 2 N–H and O–H groups in total. The van der Waals surface area contributed by atoms with Crippen molar-refractivity contribution in [3.63, 3.8) is 0 Å². The minimum absolute atomic E-state index is 0.746. The number of imidazole rings is 1. The van der Waals surface area contributed by atoms with E-state index in [0.29, 0.717) is 0 Å². The molecule has 0 aliphatic heterocycles. The molecule has 3 rings (SSSR count). The highest BCUT2D eigenvalue weighted by molar-refractivity contribution is 7.99. The number of anilines is 1. The van der Waals surface area contributed by atoms with Crippen LogP contribution in [0, 0.1) is 0 Å². The molecule has 0 atom stereocenters. The van der Waals surface area contributed by atoms with Crippen molar-refractivity contribution >= 4 is 17.4 Å². The summed E-state index contributed by atoms with van der Waals surface area (Å²) in [5, 5.41) is 0.907. The molecule has 94 valence electrons. The normalized spacial score (nSPS) is 10.5. The van der Waals surface area contributed by atoms with E-state index in [0.717, 1.165) is 21.4 Å². The molecule has 2 aromatic carbocycles. The van der Waals surface area contributed by atoms with Crippen LogP contribution in [0.4, 0.5) is 5.69 Å². The van der Waals surface area contributed by atoms with Crippen LogP contribution < -0.4 is 5.73 Å². The highest BCUT2D eigenvalue weighted by atomic mass is 32.2. The first-order valence-corrected chi connectivity index (χ1v) is 6.77. The molecular formula is C15H13N3S. The second-order valence-corrected chi connectivity index (χ2v) is 5.09. The van der Waals surface area contributed by atoms with Gasteiger partial charge in [-0.2, -0.15) is 0 Å². The highest BCUT2D eigenvalue weighted by Crippen LogP contribution is 2.29. The fourth-order valence-corrected chi connectivity index (χ4v) is 2.72. The van der Waals surface area contributed by atoms with Gasteiger partial charge < -0.3 is 5.73 Å². The summed E-state index contributed by atoms with van der Waals surface area (Å²) in [6.45, 7) is 0. The Morgan fingerprint density at radius 3 is 2.47 bits per heavy atom. The van der Waals surface area contributed by atoms with Crippen LogP contribution in [0.1, 0.15) is 0 Å². The SMILES string of the molecule is Nc1ccccc1-n1ccnc1Sc1ccccc1. The summed E-state index contributed by atoms with van der Waals surface area (Å²) >= 11 is 1.62. The van der Waals surface area contributed by atoms with Gasteiger partial charge in [0.25, 0.3) is 0 Å². The third-order valence-electron chi connectivity index (χ3n) is 2.76. The van der Waals surface area contributed by atoms with Crippen molar-refractivity contribution in [2.75, 3.05) is 5.73 Å². The van der Waals surface area contributed by atoms with Gasteiger partial charge in [0.15, 0.2) is 5.16 Å². The number of nitrogens with two attached hydrogens (primary N) is 1. The topological polar surface area (TPSA) is 43.8 Å². The average molecular weight is 267 g/mol. The summed E-state index contributed by atoms with van der Waals surface area (Å²) in [5.74, 6) is 0. The quantitative estimate of drug-likeness (QED) is 0.737. The molecule has 0 aliphatic carbocycles. The number of aromatic nitrogens is 2. The highest BCUT2D eigenvalue weighted by Gasteiger charge is 2.08. The minimum atomic E-state index is 0.746. The van der Waals surface area contributed by atoms with Crippen molar-refractivity contribution in [3.8, 4) is 5.69 Å². The van der Waals surface area contributed by atoms with Crippen LogP contribution in [0.3, 0.4) is 0 Å². The molecule has 0 aliphatic rings. The molecule has 0 unspecified atom stereocenters. The van der Waals surface area contributed by atoms with Crippen molar-refractivity contribution in [3.05, 3.63) is 67.0 Å². The van der Waals surface area contributed by atoms with Crippen LogP contribution in [-0.2, 0) is 0 Å². The molecule has 0 fully saturated rings. The molecule has 0 saturated carbocycles. The van der Waals surface area contributed by atoms with Crippen LogP contribution in [0.15, 0.2) is 77.0 Å². The molecule has 1 aromatic heterocycles. The monoisotopic (exact) mass is 267 g/mol. The molecule has 0 spiro atoms. The van der Waals surface area contributed by atoms with Crippen LogP contribution in [0.5, 0.6) is 0 Å². The first kappa shape index (κ1) is 11.9. The summed E-state index contributed by atoms with van der Waals surface area (Å²) < 4.78 is 2.01. The van der Waals surface area contributed by atoms with Gasteiger partial charge in [-0.15, -0.1) is 0 Å². The first-order chi connectivity index (χ1) is 9.34. The number of rotatable bonds is 3. The Bertz CT molecular complexity index is 677. The lowest BCUT2D eigenvalue weighted by Gasteiger charge is -2.09. The van der Waals surface area contributed by atoms with Gasteiger partial charge in [0.2, 0.25) is 0 Å². The van der Waals surface area contributed by atoms with E-state index in [9.17, 15) is 0 Å². The number of nitrogens with zero attached hydrogens (tertiary/aromatic N) is 2. The molecule has 0 radical (unpaired) electrons. The van der Waals surface area contributed by atoms with E-state index < -0.39 is 0 Å². The van der Waals surface area contributed by atoms with Crippen molar-refractivity contribution in [2.45, 2.75) is 10.1 Å². The van der Waals surface area contributed by atoms with Gasteiger partial charge >= 0.3 is 0 Å². The predicted molar refractivity (Wildman–Crippen MR) is 78.5 cm³/mol. The molecule has 0 saturated heterocycles. The summed E-state index contributed by atoms with van der Waals surface area (Å²) in [6.07, 6.45) is 3.72. The zero-order valence-corrected chi connectivity index (χ0v) is 11.0. The van der Waals surface area contributed by atoms with Crippen LogP contribution in [0.2, 0.25) is 0 Å². The van der Waals surface area contributed by atoms with E-state index in [2.05, 4.69) is 17.1 Å². The van der Waals surface area contributed by atoms with E-state index >= 15 is 0 Å². The number of nitrogen functional groups attached to an aromatic ring is 1. The van der Waals surface area contributed by atoms with Crippen molar-refractivity contribution in [2.24, 2.45) is 0 Å². The maximum absolute atomic E-state index is 6.02.